The highest BCUT2D eigenvalue weighted by molar-refractivity contribution is 6.12. The van der Waals surface area contributed by atoms with E-state index in [1.54, 1.807) is 0 Å². The second kappa shape index (κ2) is 9.49. The molecule has 0 saturated carbocycles. The Labute approximate surface area is 246 Å². The van der Waals surface area contributed by atoms with Crippen molar-refractivity contribution in [2.75, 3.05) is 5.32 Å². The van der Waals surface area contributed by atoms with Gasteiger partial charge in [-0.1, -0.05) is 111 Å². The van der Waals surface area contributed by atoms with Crippen LogP contribution in [0.2, 0.25) is 0 Å². The van der Waals surface area contributed by atoms with Crippen LogP contribution in [0, 0.1) is 5.92 Å². The molecule has 2 aliphatic rings. The first-order chi connectivity index (χ1) is 20.7. The van der Waals surface area contributed by atoms with Crippen molar-refractivity contribution in [3.05, 3.63) is 162 Å². The highest BCUT2D eigenvalue weighted by Crippen LogP contribution is 2.58. The molecule has 6 aromatic rings. The lowest BCUT2D eigenvalue weighted by Crippen LogP contribution is -2.30. The topological polar surface area (TPSA) is 25.2 Å². The first-order valence-corrected chi connectivity index (χ1v) is 14.7. The molecular weight excluding hydrogens is 510 g/mol. The van der Waals surface area contributed by atoms with Crippen molar-refractivity contribution < 1.29 is 4.42 Å². The summed E-state index contributed by atoms with van der Waals surface area (Å²) in [5, 5.41) is 6.01. The van der Waals surface area contributed by atoms with Gasteiger partial charge in [-0.2, -0.15) is 0 Å². The summed E-state index contributed by atoms with van der Waals surface area (Å²) < 4.78 is 6.18. The Morgan fingerprint density at radius 1 is 0.810 bits per heavy atom. The normalized spacial score (nSPS) is 19.0. The smallest absolute Gasteiger partial charge is 0.137 e. The lowest BCUT2D eigenvalue weighted by atomic mass is 9.65. The largest absolute Gasteiger partial charge is 0.456 e. The number of anilines is 2. The molecule has 0 aliphatic heterocycles. The first-order valence-electron chi connectivity index (χ1n) is 14.7. The van der Waals surface area contributed by atoms with E-state index in [1.807, 2.05) is 24.3 Å². The fourth-order valence-corrected chi connectivity index (χ4v) is 7.07. The van der Waals surface area contributed by atoms with Crippen molar-refractivity contribution in [2.45, 2.75) is 18.8 Å². The van der Waals surface area contributed by atoms with Gasteiger partial charge in [0.25, 0.3) is 0 Å². The Bertz CT molecular complexity index is 2080. The predicted octanol–water partition coefficient (Wildman–Crippen LogP) is 10.8. The summed E-state index contributed by atoms with van der Waals surface area (Å²) >= 11 is 0. The second-order valence-corrected chi connectivity index (χ2v) is 11.5. The van der Waals surface area contributed by atoms with E-state index >= 15 is 0 Å². The van der Waals surface area contributed by atoms with Gasteiger partial charge in [0.15, 0.2) is 0 Å². The molecule has 2 nitrogen and oxygen atoms in total. The lowest BCUT2D eigenvalue weighted by molar-refractivity contribution is 0.669. The van der Waals surface area contributed by atoms with Gasteiger partial charge in [0.05, 0.1) is 16.5 Å². The molecule has 2 aliphatic carbocycles. The summed E-state index contributed by atoms with van der Waals surface area (Å²) in [4.78, 5) is 0. The Kier molecular flexibility index (Phi) is 5.58. The zero-order valence-electron chi connectivity index (χ0n) is 23.6. The Morgan fingerprint density at radius 3 is 2.48 bits per heavy atom. The van der Waals surface area contributed by atoms with E-state index in [0.717, 1.165) is 45.3 Å². The Morgan fingerprint density at radius 2 is 1.64 bits per heavy atom. The molecule has 2 heteroatoms. The van der Waals surface area contributed by atoms with Crippen LogP contribution in [0.1, 0.15) is 35.6 Å². The van der Waals surface area contributed by atoms with Crippen LogP contribution in [-0.4, -0.2) is 0 Å². The minimum Gasteiger partial charge on any atom is -0.456 e. The summed E-state index contributed by atoms with van der Waals surface area (Å²) in [7, 11) is 0. The monoisotopic (exact) mass is 541 g/mol. The summed E-state index contributed by atoms with van der Waals surface area (Å²) in [6, 6.07) is 39.2. The van der Waals surface area contributed by atoms with Gasteiger partial charge < -0.3 is 9.73 Å². The van der Waals surface area contributed by atoms with Crippen molar-refractivity contribution in [1.82, 2.24) is 0 Å². The molecule has 5 aromatic carbocycles. The third kappa shape index (κ3) is 3.58. The van der Waals surface area contributed by atoms with Crippen molar-refractivity contribution in [1.29, 1.82) is 0 Å². The van der Waals surface area contributed by atoms with E-state index in [0.29, 0.717) is 5.92 Å². The lowest BCUT2D eigenvalue weighted by Gasteiger charge is -2.36. The molecule has 1 N–H and O–H groups in total. The number of hydrogen-bond donors (Lipinski definition) is 1. The summed E-state index contributed by atoms with van der Waals surface area (Å²) in [6.07, 6.45) is 10.2. The van der Waals surface area contributed by atoms with Gasteiger partial charge in [-0.15, -0.1) is 0 Å². The number of nitrogens with one attached hydrogen (secondary N) is 1. The van der Waals surface area contributed by atoms with Crippen LogP contribution in [0.4, 0.5) is 11.4 Å². The van der Waals surface area contributed by atoms with Crippen LogP contribution in [0.15, 0.2) is 144 Å². The van der Waals surface area contributed by atoms with E-state index in [-0.39, 0.29) is 0 Å². The number of hydrogen-bond acceptors (Lipinski definition) is 2. The van der Waals surface area contributed by atoms with E-state index < -0.39 is 5.41 Å². The average molecular weight is 542 g/mol. The molecule has 0 spiro atoms. The molecule has 0 saturated heterocycles. The van der Waals surface area contributed by atoms with Gasteiger partial charge in [0, 0.05) is 11.1 Å². The molecular formula is C40H31NO. The number of furan rings is 1. The number of para-hydroxylation sites is 1. The number of rotatable bonds is 5. The maximum atomic E-state index is 6.18. The van der Waals surface area contributed by atoms with Crippen LogP contribution >= 0.6 is 0 Å². The molecule has 0 radical (unpaired) electrons. The fraction of sp³-hybridized carbons (Fsp3) is 0.100. The summed E-state index contributed by atoms with van der Waals surface area (Å²) in [5.74, 6) is 0.531. The van der Waals surface area contributed by atoms with Gasteiger partial charge >= 0.3 is 0 Å². The summed E-state index contributed by atoms with van der Waals surface area (Å²) in [6.45, 7) is 6.35. The van der Waals surface area contributed by atoms with Gasteiger partial charge in [0.1, 0.15) is 11.2 Å². The molecule has 1 aromatic heterocycles. The first kappa shape index (κ1) is 24.7. The standard InChI is InChI=1S/C40H31NO/c1-3-27-18-23-34-33(24-27)31-22-21-30(41-36-13-9-15-38-39(36)32-12-7-8-14-37(32)42-38)25-35(31)40(34,28-10-5-4-6-11-28)29-19-16-26(2)17-20-29/h3-16,18-26,41H,1,17H2,2H3. The van der Waals surface area contributed by atoms with Gasteiger partial charge in [-0.3, -0.25) is 0 Å². The third-order valence-electron chi connectivity index (χ3n) is 9.03. The van der Waals surface area contributed by atoms with Gasteiger partial charge in [-0.05, 0) is 87.7 Å². The Hall–Kier alpha value is -5.08. The molecule has 0 fully saturated rings. The average Bonchev–Trinajstić information content (AvgIpc) is 3.56. The molecule has 2 atom stereocenters. The fourth-order valence-electron chi connectivity index (χ4n) is 7.07. The zero-order valence-corrected chi connectivity index (χ0v) is 23.6. The van der Waals surface area contributed by atoms with Crippen LogP contribution in [0.25, 0.3) is 39.1 Å². The third-order valence-corrected chi connectivity index (χ3v) is 9.03. The SMILES string of the molecule is C=Cc1ccc2c(c1)-c1ccc(Nc3cccc4oc5ccccc5c34)cc1C2(C1=CCC(C)C=C1)c1ccccc1. The number of benzene rings is 5. The zero-order chi connectivity index (χ0) is 28.3. The van der Waals surface area contributed by atoms with Gasteiger partial charge in [-0.25, -0.2) is 0 Å². The quantitative estimate of drug-likeness (QED) is 0.235. The predicted molar refractivity (Wildman–Crippen MR) is 176 cm³/mol. The molecule has 0 bridgehead atoms. The van der Waals surface area contributed by atoms with Crippen LogP contribution in [0.5, 0.6) is 0 Å². The summed E-state index contributed by atoms with van der Waals surface area (Å²) in [5.41, 5.74) is 12.4. The Balaban J connectivity index is 1.37. The van der Waals surface area contributed by atoms with Crippen molar-refractivity contribution >= 4 is 39.4 Å². The van der Waals surface area contributed by atoms with Crippen molar-refractivity contribution in [3.8, 4) is 11.1 Å². The maximum Gasteiger partial charge on any atom is 0.137 e. The van der Waals surface area contributed by atoms with Crippen molar-refractivity contribution in [2.24, 2.45) is 5.92 Å². The van der Waals surface area contributed by atoms with Gasteiger partial charge in [0.2, 0.25) is 0 Å². The van der Waals surface area contributed by atoms with Crippen LogP contribution in [-0.2, 0) is 5.41 Å². The highest BCUT2D eigenvalue weighted by Gasteiger charge is 2.47. The minimum absolute atomic E-state index is 0.422. The number of allylic oxidation sites excluding steroid dienone is 4. The highest BCUT2D eigenvalue weighted by atomic mass is 16.3. The van der Waals surface area contributed by atoms with Crippen molar-refractivity contribution in [3.63, 3.8) is 0 Å². The van der Waals surface area contributed by atoms with E-state index in [1.165, 1.54) is 33.4 Å². The number of fused-ring (bicyclic) bond motifs is 6. The molecule has 1 heterocycles. The maximum absolute atomic E-state index is 6.18. The van der Waals surface area contributed by atoms with Crippen LogP contribution < -0.4 is 5.32 Å². The molecule has 42 heavy (non-hydrogen) atoms. The molecule has 8 rings (SSSR count). The molecule has 2 unspecified atom stereocenters. The van der Waals surface area contributed by atoms with Crippen LogP contribution in [0.3, 0.4) is 0 Å². The van der Waals surface area contributed by atoms with E-state index in [4.69, 9.17) is 4.42 Å². The molecule has 202 valence electrons. The second-order valence-electron chi connectivity index (χ2n) is 11.5. The van der Waals surface area contributed by atoms with E-state index in [2.05, 4.69) is 128 Å². The molecule has 0 amide bonds. The minimum atomic E-state index is -0.422. The van der Waals surface area contributed by atoms with E-state index in [9.17, 15) is 0 Å².